The van der Waals surface area contributed by atoms with Crippen molar-refractivity contribution in [3.63, 3.8) is 0 Å². The van der Waals surface area contributed by atoms with Crippen molar-refractivity contribution in [2.75, 3.05) is 26.2 Å². The van der Waals surface area contributed by atoms with Gasteiger partial charge in [-0.15, -0.1) is 0 Å². The van der Waals surface area contributed by atoms with Crippen molar-refractivity contribution in [2.45, 2.75) is 51.2 Å². The molecule has 1 atom stereocenters. The lowest BCUT2D eigenvalue weighted by atomic mass is 10.0. The second-order valence-corrected chi connectivity index (χ2v) is 5.50. The van der Waals surface area contributed by atoms with Gasteiger partial charge in [-0.25, -0.2) is 4.79 Å². The standard InChI is InChI=1S/C14H25N3O3/c1-2-7-15-14(19)17-8-5-11(6-9-17)16-13(18)12-4-3-10-20-12/h11-12H,2-10H2,1H3,(H,15,19)(H,16,18). The maximum atomic E-state index is 11.9. The predicted molar refractivity (Wildman–Crippen MR) is 75.4 cm³/mol. The van der Waals surface area contributed by atoms with Crippen LogP contribution in [-0.4, -0.2) is 55.2 Å². The molecule has 0 aromatic carbocycles. The lowest BCUT2D eigenvalue weighted by molar-refractivity contribution is -0.131. The van der Waals surface area contributed by atoms with E-state index in [4.69, 9.17) is 4.74 Å². The van der Waals surface area contributed by atoms with E-state index in [9.17, 15) is 9.59 Å². The fourth-order valence-corrected chi connectivity index (χ4v) is 2.65. The van der Waals surface area contributed by atoms with E-state index >= 15 is 0 Å². The van der Waals surface area contributed by atoms with E-state index < -0.39 is 0 Å². The molecule has 6 heteroatoms. The highest BCUT2D eigenvalue weighted by Gasteiger charge is 2.28. The average molecular weight is 283 g/mol. The molecule has 0 aromatic heterocycles. The van der Waals surface area contributed by atoms with Gasteiger partial charge in [0.05, 0.1) is 0 Å². The molecule has 6 nitrogen and oxygen atoms in total. The second-order valence-electron chi connectivity index (χ2n) is 5.50. The molecule has 0 aliphatic carbocycles. The fourth-order valence-electron chi connectivity index (χ4n) is 2.65. The number of likely N-dealkylation sites (tertiary alicyclic amines) is 1. The van der Waals surface area contributed by atoms with Crippen LogP contribution in [0.4, 0.5) is 4.79 Å². The van der Waals surface area contributed by atoms with Crippen molar-refractivity contribution in [3.05, 3.63) is 0 Å². The highest BCUT2D eigenvalue weighted by Crippen LogP contribution is 2.15. The van der Waals surface area contributed by atoms with Gasteiger partial charge in [0.2, 0.25) is 5.91 Å². The summed E-state index contributed by atoms with van der Waals surface area (Å²) in [6.45, 7) is 4.84. The number of nitrogens with zero attached hydrogens (tertiary/aromatic N) is 1. The van der Waals surface area contributed by atoms with Gasteiger partial charge in [0, 0.05) is 32.3 Å². The summed E-state index contributed by atoms with van der Waals surface area (Å²) in [4.78, 5) is 25.6. The topological polar surface area (TPSA) is 70.7 Å². The van der Waals surface area contributed by atoms with Crippen molar-refractivity contribution in [2.24, 2.45) is 0 Å². The van der Waals surface area contributed by atoms with Gasteiger partial charge in [0.1, 0.15) is 6.10 Å². The lowest BCUT2D eigenvalue weighted by Crippen LogP contribution is -2.50. The number of amides is 3. The molecule has 2 N–H and O–H groups in total. The van der Waals surface area contributed by atoms with E-state index in [1.807, 2.05) is 11.8 Å². The van der Waals surface area contributed by atoms with Crippen molar-refractivity contribution >= 4 is 11.9 Å². The van der Waals surface area contributed by atoms with Crippen molar-refractivity contribution < 1.29 is 14.3 Å². The van der Waals surface area contributed by atoms with Gasteiger partial charge in [0.25, 0.3) is 0 Å². The van der Waals surface area contributed by atoms with E-state index in [-0.39, 0.29) is 24.1 Å². The molecule has 2 saturated heterocycles. The zero-order valence-corrected chi connectivity index (χ0v) is 12.2. The Kier molecular flexibility index (Phi) is 5.64. The lowest BCUT2D eigenvalue weighted by Gasteiger charge is -2.32. The van der Waals surface area contributed by atoms with Gasteiger partial charge < -0.3 is 20.3 Å². The molecule has 20 heavy (non-hydrogen) atoms. The molecule has 3 amide bonds. The Balaban J connectivity index is 1.68. The molecule has 2 fully saturated rings. The zero-order chi connectivity index (χ0) is 14.4. The van der Waals surface area contributed by atoms with Crippen molar-refractivity contribution in [1.82, 2.24) is 15.5 Å². The van der Waals surface area contributed by atoms with Gasteiger partial charge in [-0.05, 0) is 32.1 Å². The molecule has 2 aliphatic heterocycles. The van der Waals surface area contributed by atoms with Crippen molar-refractivity contribution in [3.8, 4) is 0 Å². The number of nitrogens with one attached hydrogen (secondary N) is 2. The van der Waals surface area contributed by atoms with E-state index in [1.165, 1.54) is 0 Å². The maximum absolute atomic E-state index is 11.9. The summed E-state index contributed by atoms with van der Waals surface area (Å²) in [6.07, 6.45) is 4.11. The first kappa shape index (κ1) is 15.1. The average Bonchev–Trinajstić information content (AvgIpc) is 3.00. The van der Waals surface area contributed by atoms with Crippen LogP contribution in [0.5, 0.6) is 0 Å². The Hall–Kier alpha value is -1.30. The molecule has 0 bridgehead atoms. The predicted octanol–water partition coefficient (Wildman–Crippen LogP) is 0.866. The highest BCUT2D eigenvalue weighted by atomic mass is 16.5. The zero-order valence-electron chi connectivity index (χ0n) is 12.2. The van der Waals surface area contributed by atoms with Gasteiger partial charge in [0.15, 0.2) is 0 Å². The van der Waals surface area contributed by atoms with Gasteiger partial charge in [-0.3, -0.25) is 4.79 Å². The van der Waals surface area contributed by atoms with E-state index in [1.54, 1.807) is 0 Å². The van der Waals surface area contributed by atoms with Crippen molar-refractivity contribution in [1.29, 1.82) is 0 Å². The quantitative estimate of drug-likeness (QED) is 0.804. The molecule has 2 rings (SSSR count). The van der Waals surface area contributed by atoms with E-state index in [0.717, 1.165) is 32.1 Å². The second kappa shape index (κ2) is 7.47. The summed E-state index contributed by atoms with van der Waals surface area (Å²) in [5.41, 5.74) is 0. The SMILES string of the molecule is CCCNC(=O)N1CCC(NC(=O)C2CCCO2)CC1. The van der Waals surface area contributed by atoms with Crippen LogP contribution >= 0.6 is 0 Å². The number of ether oxygens (including phenoxy) is 1. The van der Waals surface area contributed by atoms with Gasteiger partial charge >= 0.3 is 6.03 Å². The molecular weight excluding hydrogens is 258 g/mol. The third kappa shape index (κ3) is 4.10. The molecule has 1 unspecified atom stereocenters. The van der Waals surface area contributed by atoms with E-state index in [0.29, 0.717) is 26.2 Å². The monoisotopic (exact) mass is 283 g/mol. The summed E-state index contributed by atoms with van der Waals surface area (Å²) in [5, 5.41) is 5.92. The minimum Gasteiger partial charge on any atom is -0.368 e. The molecule has 0 spiro atoms. The Morgan fingerprint density at radius 2 is 2.00 bits per heavy atom. The van der Waals surface area contributed by atoms with Crippen LogP contribution in [0, 0.1) is 0 Å². The Morgan fingerprint density at radius 1 is 1.25 bits per heavy atom. The molecule has 0 radical (unpaired) electrons. The maximum Gasteiger partial charge on any atom is 0.317 e. The Morgan fingerprint density at radius 3 is 2.60 bits per heavy atom. The first-order chi connectivity index (χ1) is 9.70. The first-order valence-corrected chi connectivity index (χ1v) is 7.65. The molecule has 2 heterocycles. The number of carbonyl (C=O) groups excluding carboxylic acids is 2. The largest absolute Gasteiger partial charge is 0.368 e. The van der Waals surface area contributed by atoms with Crippen LogP contribution in [0.3, 0.4) is 0 Å². The van der Waals surface area contributed by atoms with Gasteiger partial charge in [-0.1, -0.05) is 6.92 Å². The van der Waals surface area contributed by atoms with Crippen LogP contribution in [0.1, 0.15) is 39.0 Å². The van der Waals surface area contributed by atoms with Crippen LogP contribution in [0.2, 0.25) is 0 Å². The first-order valence-electron chi connectivity index (χ1n) is 7.65. The summed E-state index contributed by atoms with van der Waals surface area (Å²) < 4.78 is 5.37. The minimum absolute atomic E-state index is 0.00996. The summed E-state index contributed by atoms with van der Waals surface area (Å²) in [6, 6.07) is 0.178. The highest BCUT2D eigenvalue weighted by molar-refractivity contribution is 5.81. The number of rotatable bonds is 4. The van der Waals surface area contributed by atoms with Gasteiger partial charge in [-0.2, -0.15) is 0 Å². The van der Waals surface area contributed by atoms with Crippen LogP contribution < -0.4 is 10.6 Å². The Labute approximate surface area is 120 Å². The number of hydrogen-bond acceptors (Lipinski definition) is 3. The minimum atomic E-state index is -0.263. The smallest absolute Gasteiger partial charge is 0.317 e. The number of hydrogen-bond donors (Lipinski definition) is 2. The normalized spacial score (nSPS) is 23.6. The third-order valence-corrected chi connectivity index (χ3v) is 3.88. The summed E-state index contributed by atoms with van der Waals surface area (Å²) >= 11 is 0. The number of urea groups is 1. The fraction of sp³-hybridized carbons (Fsp3) is 0.857. The third-order valence-electron chi connectivity index (χ3n) is 3.88. The molecule has 0 aromatic rings. The number of carbonyl (C=O) groups is 2. The summed E-state index contributed by atoms with van der Waals surface area (Å²) in [5.74, 6) is 0.0105. The van der Waals surface area contributed by atoms with Crippen LogP contribution in [0.25, 0.3) is 0 Å². The van der Waals surface area contributed by atoms with Crippen LogP contribution in [-0.2, 0) is 9.53 Å². The number of piperidine rings is 1. The summed E-state index contributed by atoms with van der Waals surface area (Å²) in [7, 11) is 0. The van der Waals surface area contributed by atoms with Crippen LogP contribution in [0.15, 0.2) is 0 Å². The molecule has 114 valence electrons. The molecule has 2 aliphatic rings. The molecular formula is C14H25N3O3. The Bertz CT molecular complexity index is 335. The molecule has 0 saturated carbocycles. The van der Waals surface area contributed by atoms with E-state index in [2.05, 4.69) is 10.6 Å².